The maximum Gasteiger partial charge on any atom is 0.312 e. The number of ether oxygens (including phenoxy) is 1. The molecule has 148 valence electrons. The van der Waals surface area contributed by atoms with Crippen LogP contribution in [0.1, 0.15) is 27.2 Å². The summed E-state index contributed by atoms with van der Waals surface area (Å²) >= 11 is 0. The smallest absolute Gasteiger partial charge is 0.312 e. The molecular weight excluding hydrogens is 374 g/mol. The Labute approximate surface area is 157 Å². The fraction of sp³-hybridized carbons (Fsp3) is 0.471. The van der Waals surface area contributed by atoms with Crippen LogP contribution in [0, 0.1) is 5.92 Å². The van der Waals surface area contributed by atoms with Crippen LogP contribution in [0.2, 0.25) is 0 Å². The van der Waals surface area contributed by atoms with Crippen molar-refractivity contribution in [2.24, 2.45) is 11.1 Å². The molecule has 0 saturated carbocycles. The molecule has 1 aliphatic heterocycles. The van der Waals surface area contributed by atoms with Crippen molar-refractivity contribution in [2.45, 2.75) is 44.2 Å². The number of primary sulfonamides is 1. The summed E-state index contributed by atoms with van der Waals surface area (Å²) < 4.78 is 27.9. The zero-order chi connectivity index (χ0) is 20.4. The van der Waals surface area contributed by atoms with Crippen LogP contribution in [0.4, 0.5) is 5.69 Å². The van der Waals surface area contributed by atoms with Crippen molar-refractivity contribution in [1.82, 2.24) is 4.90 Å². The van der Waals surface area contributed by atoms with Gasteiger partial charge in [0.2, 0.25) is 15.9 Å². The summed E-state index contributed by atoms with van der Waals surface area (Å²) in [6.45, 7) is 5.38. The van der Waals surface area contributed by atoms with Crippen molar-refractivity contribution in [3.05, 3.63) is 24.3 Å². The van der Waals surface area contributed by atoms with E-state index >= 15 is 0 Å². The average molecular weight is 397 g/mol. The molecule has 1 saturated heterocycles. The third-order valence-electron chi connectivity index (χ3n) is 4.21. The molecule has 1 aromatic carbocycles. The Morgan fingerprint density at radius 1 is 1.30 bits per heavy atom. The first-order chi connectivity index (χ1) is 12.5. The van der Waals surface area contributed by atoms with Crippen LogP contribution in [-0.2, 0) is 29.1 Å². The number of rotatable bonds is 6. The van der Waals surface area contributed by atoms with Crippen LogP contribution in [0.15, 0.2) is 29.2 Å². The monoisotopic (exact) mass is 397 g/mol. The molecule has 2 rings (SSSR count). The number of hydrogen-bond donors (Lipinski definition) is 2. The van der Waals surface area contributed by atoms with Crippen molar-refractivity contribution in [1.29, 1.82) is 0 Å². The number of anilines is 1. The summed E-state index contributed by atoms with van der Waals surface area (Å²) in [5, 5.41) is 7.53. The second-order valence-electron chi connectivity index (χ2n) is 6.68. The number of nitrogens with zero attached hydrogens (tertiary/aromatic N) is 1. The normalized spacial score (nSPS) is 18.5. The molecule has 0 radical (unpaired) electrons. The Bertz CT molecular complexity index is 852. The van der Waals surface area contributed by atoms with Crippen LogP contribution in [-0.4, -0.2) is 49.8 Å². The molecule has 3 N–H and O–H groups in total. The van der Waals surface area contributed by atoms with E-state index in [1.54, 1.807) is 4.90 Å². The lowest BCUT2D eigenvalue weighted by atomic mass is 10.1. The number of nitrogens with one attached hydrogen (secondary N) is 1. The van der Waals surface area contributed by atoms with Crippen molar-refractivity contribution < 1.29 is 27.5 Å². The lowest BCUT2D eigenvalue weighted by molar-refractivity contribution is -0.157. The Hall–Kier alpha value is -2.46. The highest BCUT2D eigenvalue weighted by Gasteiger charge is 2.37. The number of sulfonamides is 1. The molecule has 2 unspecified atom stereocenters. The Morgan fingerprint density at radius 3 is 2.52 bits per heavy atom. The first kappa shape index (κ1) is 20.8. The molecule has 27 heavy (non-hydrogen) atoms. The van der Waals surface area contributed by atoms with Crippen LogP contribution in [0.25, 0.3) is 0 Å². The van der Waals surface area contributed by atoms with E-state index in [0.717, 1.165) is 0 Å². The van der Waals surface area contributed by atoms with Gasteiger partial charge in [0.05, 0.1) is 10.8 Å². The minimum absolute atomic E-state index is 0.0119. The van der Waals surface area contributed by atoms with Gasteiger partial charge in [0, 0.05) is 24.7 Å². The molecule has 2 amide bonds. The zero-order valence-electron chi connectivity index (χ0n) is 15.3. The largest absolute Gasteiger partial charge is 0.452 e. The van der Waals surface area contributed by atoms with Crippen LogP contribution < -0.4 is 10.5 Å². The highest BCUT2D eigenvalue weighted by molar-refractivity contribution is 7.89. The number of amides is 2. The van der Waals surface area contributed by atoms with E-state index in [2.05, 4.69) is 5.32 Å². The molecule has 1 fully saturated rings. The van der Waals surface area contributed by atoms with E-state index in [1.807, 2.05) is 13.8 Å². The molecule has 0 aromatic heterocycles. The minimum atomic E-state index is -3.90. The topological polar surface area (TPSA) is 136 Å². The third-order valence-corrected chi connectivity index (χ3v) is 5.12. The SMILES string of the molecule is CC(OC(=O)C1CC(=O)N(C(C)C)C1)C(=O)Nc1cccc(S(N)(=O)=O)c1. The van der Waals surface area contributed by atoms with Gasteiger partial charge in [0.1, 0.15) is 0 Å². The summed E-state index contributed by atoms with van der Waals surface area (Å²) in [6.07, 6.45) is -1.05. The van der Waals surface area contributed by atoms with Crippen LogP contribution >= 0.6 is 0 Å². The number of carbonyl (C=O) groups is 3. The third kappa shape index (κ3) is 5.27. The van der Waals surface area contributed by atoms with Gasteiger partial charge >= 0.3 is 5.97 Å². The van der Waals surface area contributed by atoms with Crippen molar-refractivity contribution in [3.8, 4) is 0 Å². The van der Waals surface area contributed by atoms with E-state index in [4.69, 9.17) is 9.88 Å². The van der Waals surface area contributed by atoms with Gasteiger partial charge < -0.3 is 15.0 Å². The van der Waals surface area contributed by atoms with Crippen molar-refractivity contribution in [3.63, 3.8) is 0 Å². The van der Waals surface area contributed by atoms with Gasteiger partial charge in [-0.2, -0.15) is 0 Å². The molecular formula is C17H23N3O6S. The number of benzene rings is 1. The van der Waals surface area contributed by atoms with E-state index in [-0.39, 0.29) is 35.5 Å². The molecule has 1 heterocycles. The fourth-order valence-corrected chi connectivity index (χ4v) is 3.27. The molecule has 1 aliphatic rings. The highest BCUT2D eigenvalue weighted by Crippen LogP contribution is 2.22. The van der Waals surface area contributed by atoms with Gasteiger partial charge in [-0.05, 0) is 39.0 Å². The molecule has 1 aromatic rings. The summed E-state index contributed by atoms with van der Waals surface area (Å²) in [5.41, 5.74) is 0.205. The minimum Gasteiger partial charge on any atom is -0.452 e. The van der Waals surface area contributed by atoms with Crippen molar-refractivity contribution >= 4 is 33.5 Å². The van der Waals surface area contributed by atoms with E-state index in [0.29, 0.717) is 0 Å². The molecule has 0 bridgehead atoms. The fourth-order valence-electron chi connectivity index (χ4n) is 2.71. The average Bonchev–Trinajstić information content (AvgIpc) is 2.96. The molecule has 0 aliphatic carbocycles. The summed E-state index contributed by atoms with van der Waals surface area (Å²) in [5.74, 6) is -1.97. The number of carbonyl (C=O) groups excluding carboxylic acids is 3. The first-order valence-electron chi connectivity index (χ1n) is 8.42. The van der Waals surface area contributed by atoms with Crippen molar-refractivity contribution in [2.75, 3.05) is 11.9 Å². The number of likely N-dealkylation sites (tertiary alicyclic amines) is 1. The molecule has 10 heteroatoms. The van der Waals surface area contributed by atoms with Gasteiger partial charge in [0.15, 0.2) is 6.10 Å². The second-order valence-corrected chi connectivity index (χ2v) is 8.24. The van der Waals surface area contributed by atoms with E-state index < -0.39 is 33.9 Å². The van der Waals surface area contributed by atoms with Gasteiger partial charge in [-0.1, -0.05) is 6.07 Å². The number of hydrogen-bond acceptors (Lipinski definition) is 6. The van der Waals surface area contributed by atoms with Gasteiger partial charge in [-0.3, -0.25) is 14.4 Å². The summed E-state index contributed by atoms with van der Waals surface area (Å²) in [7, 11) is -3.90. The van der Waals surface area contributed by atoms with Gasteiger partial charge in [-0.15, -0.1) is 0 Å². The maximum absolute atomic E-state index is 12.2. The molecule has 0 spiro atoms. The van der Waals surface area contributed by atoms with Crippen LogP contribution in [0.5, 0.6) is 0 Å². The number of nitrogens with two attached hydrogens (primary N) is 1. The summed E-state index contributed by atoms with van der Waals surface area (Å²) in [4.78, 5) is 37.8. The van der Waals surface area contributed by atoms with Gasteiger partial charge in [0.25, 0.3) is 5.91 Å². The Kier molecular flexibility index (Phi) is 6.22. The van der Waals surface area contributed by atoms with E-state index in [9.17, 15) is 22.8 Å². The Morgan fingerprint density at radius 2 is 1.96 bits per heavy atom. The number of esters is 1. The standard InChI is InChI=1S/C17H23N3O6S/c1-10(2)20-9-12(7-15(20)21)17(23)26-11(3)16(22)19-13-5-4-6-14(8-13)27(18,24)25/h4-6,8,10-12H,7,9H2,1-3H3,(H,19,22)(H2,18,24,25). The van der Waals surface area contributed by atoms with Gasteiger partial charge in [-0.25, -0.2) is 13.6 Å². The lowest BCUT2D eigenvalue weighted by Gasteiger charge is -2.21. The summed E-state index contributed by atoms with van der Waals surface area (Å²) in [6, 6.07) is 5.40. The lowest BCUT2D eigenvalue weighted by Crippen LogP contribution is -2.35. The highest BCUT2D eigenvalue weighted by atomic mass is 32.2. The quantitative estimate of drug-likeness (QED) is 0.669. The van der Waals surface area contributed by atoms with E-state index in [1.165, 1.54) is 31.2 Å². The second kappa shape index (κ2) is 8.05. The first-order valence-corrected chi connectivity index (χ1v) is 9.97. The predicted octanol–water partition coefficient (Wildman–Crippen LogP) is 0.461. The zero-order valence-corrected chi connectivity index (χ0v) is 16.2. The molecule has 9 nitrogen and oxygen atoms in total. The molecule has 2 atom stereocenters. The predicted molar refractivity (Wildman–Crippen MR) is 97.0 cm³/mol. The Balaban J connectivity index is 1.96. The van der Waals surface area contributed by atoms with Crippen LogP contribution in [0.3, 0.4) is 0 Å². The maximum atomic E-state index is 12.2.